The smallest absolute Gasteiger partial charge is 0.439 e. The summed E-state index contributed by atoms with van der Waals surface area (Å²) in [6.07, 6.45) is -8.63. The van der Waals surface area contributed by atoms with Crippen LogP contribution in [0, 0.1) is 0 Å². The third-order valence-corrected chi connectivity index (χ3v) is 3.66. The molecule has 1 aromatic carbocycles. The highest BCUT2D eigenvalue weighted by Crippen LogP contribution is 2.40. The van der Waals surface area contributed by atoms with Crippen molar-refractivity contribution in [1.29, 1.82) is 0 Å². The molecule has 0 unspecified atom stereocenters. The van der Waals surface area contributed by atoms with E-state index in [0.29, 0.717) is 0 Å². The Labute approximate surface area is 168 Å². The Morgan fingerprint density at radius 2 is 1.63 bits per heavy atom. The van der Waals surface area contributed by atoms with E-state index in [1.807, 2.05) is 0 Å². The maximum Gasteiger partial charge on any atom is 0.573 e. The van der Waals surface area contributed by atoms with Gasteiger partial charge in [0.05, 0.1) is 11.9 Å². The van der Waals surface area contributed by atoms with Crippen LogP contribution in [0.4, 0.5) is 36.8 Å². The molecule has 1 amide bonds. The van der Waals surface area contributed by atoms with Gasteiger partial charge in [-0.05, 0) is 32.9 Å². The van der Waals surface area contributed by atoms with Crippen molar-refractivity contribution in [3.63, 3.8) is 0 Å². The highest BCUT2D eigenvalue weighted by molar-refractivity contribution is 5.95. The number of aromatic nitrogens is 1. The molecule has 0 saturated heterocycles. The third kappa shape index (κ3) is 6.26. The minimum atomic E-state index is -4.97. The number of hydrogen-bond donors (Lipinski definition) is 0. The summed E-state index contributed by atoms with van der Waals surface area (Å²) >= 11 is 0. The molecule has 0 fully saturated rings. The van der Waals surface area contributed by atoms with Gasteiger partial charge in [-0.25, -0.2) is 4.79 Å². The quantitative estimate of drug-likeness (QED) is 0.556. The predicted octanol–water partition coefficient (Wildman–Crippen LogP) is 5.95. The van der Waals surface area contributed by atoms with E-state index in [9.17, 15) is 31.1 Å². The summed E-state index contributed by atoms with van der Waals surface area (Å²) in [5.41, 5.74) is -1.09. The molecule has 2 aromatic rings. The van der Waals surface area contributed by atoms with E-state index in [-0.39, 0.29) is 16.8 Å². The van der Waals surface area contributed by atoms with E-state index < -0.39 is 36.5 Å². The summed E-state index contributed by atoms with van der Waals surface area (Å²) in [7, 11) is 0. The number of benzene rings is 1. The highest BCUT2D eigenvalue weighted by atomic mass is 19.4. The Kier molecular flexibility index (Phi) is 6.53. The Morgan fingerprint density at radius 1 is 1.00 bits per heavy atom. The number of pyridine rings is 1. The SMILES string of the molecule is CC(C)(C)N(C(=O)OCC(F)(F)F)c1cnccc1-c1ccccc1OC(F)(F)F. The topological polar surface area (TPSA) is 51.7 Å². The molecular formula is C19H18F6N2O3. The molecule has 0 aliphatic heterocycles. The molecule has 0 bridgehead atoms. The van der Waals surface area contributed by atoms with Crippen molar-refractivity contribution < 1.29 is 40.6 Å². The minimum Gasteiger partial charge on any atom is -0.439 e. The monoisotopic (exact) mass is 436 g/mol. The molecule has 0 aliphatic rings. The summed E-state index contributed by atoms with van der Waals surface area (Å²) in [6.45, 7) is 2.76. The van der Waals surface area contributed by atoms with Gasteiger partial charge < -0.3 is 9.47 Å². The number of carbonyl (C=O) groups is 1. The molecule has 1 heterocycles. The van der Waals surface area contributed by atoms with Gasteiger partial charge in [0.25, 0.3) is 0 Å². The van der Waals surface area contributed by atoms with E-state index in [2.05, 4.69) is 14.5 Å². The first kappa shape index (κ1) is 23.3. The van der Waals surface area contributed by atoms with Crippen LogP contribution in [-0.4, -0.2) is 35.8 Å². The second-order valence-electron chi connectivity index (χ2n) is 7.11. The molecule has 1 aromatic heterocycles. The number of carbonyl (C=O) groups excluding carboxylic acids is 1. The molecule has 0 N–H and O–H groups in total. The minimum absolute atomic E-state index is 0.0369. The molecule has 0 aliphatic carbocycles. The Hall–Kier alpha value is -2.98. The number of nitrogens with zero attached hydrogens (tertiary/aromatic N) is 2. The number of anilines is 1. The molecule has 11 heteroatoms. The van der Waals surface area contributed by atoms with Crippen LogP contribution in [-0.2, 0) is 4.74 Å². The van der Waals surface area contributed by atoms with E-state index in [1.165, 1.54) is 51.2 Å². The van der Waals surface area contributed by atoms with Crippen molar-refractivity contribution in [2.75, 3.05) is 11.5 Å². The van der Waals surface area contributed by atoms with Gasteiger partial charge in [-0.2, -0.15) is 13.2 Å². The Morgan fingerprint density at radius 3 is 2.20 bits per heavy atom. The van der Waals surface area contributed by atoms with E-state index in [1.54, 1.807) is 0 Å². The third-order valence-electron chi connectivity index (χ3n) is 3.66. The average Bonchev–Trinajstić information content (AvgIpc) is 2.58. The Balaban J connectivity index is 2.57. The van der Waals surface area contributed by atoms with Crippen molar-refractivity contribution in [3.05, 3.63) is 42.7 Å². The zero-order valence-corrected chi connectivity index (χ0v) is 16.1. The molecule has 5 nitrogen and oxygen atoms in total. The fraction of sp³-hybridized carbons (Fsp3) is 0.368. The molecular weight excluding hydrogens is 418 g/mol. The van der Waals surface area contributed by atoms with Crippen LogP contribution in [0.25, 0.3) is 11.1 Å². The first-order valence-corrected chi connectivity index (χ1v) is 8.52. The van der Waals surface area contributed by atoms with Gasteiger partial charge in [-0.3, -0.25) is 9.88 Å². The number of ether oxygens (including phenoxy) is 2. The lowest BCUT2D eigenvalue weighted by molar-refractivity contribution is -0.274. The lowest BCUT2D eigenvalue weighted by atomic mass is 10.00. The van der Waals surface area contributed by atoms with Gasteiger partial charge in [0, 0.05) is 22.9 Å². The van der Waals surface area contributed by atoms with Crippen molar-refractivity contribution in [2.24, 2.45) is 0 Å². The molecule has 0 spiro atoms. The van der Waals surface area contributed by atoms with Crippen molar-refractivity contribution >= 4 is 11.8 Å². The van der Waals surface area contributed by atoms with E-state index >= 15 is 0 Å². The zero-order valence-electron chi connectivity index (χ0n) is 16.1. The molecule has 30 heavy (non-hydrogen) atoms. The number of hydrogen-bond acceptors (Lipinski definition) is 4. The standard InChI is InChI=1S/C19H18F6N2O3/c1-17(2,3)27(16(28)29-11-18(20,21)22)14-10-26-9-8-12(14)13-6-4-5-7-15(13)30-19(23,24)25/h4-10H,11H2,1-3H3. The summed E-state index contributed by atoms with van der Waals surface area (Å²) in [4.78, 5) is 17.3. The molecule has 164 valence electrons. The van der Waals surface area contributed by atoms with Crippen LogP contribution < -0.4 is 9.64 Å². The van der Waals surface area contributed by atoms with Crippen molar-refractivity contribution in [1.82, 2.24) is 4.98 Å². The van der Waals surface area contributed by atoms with Crippen LogP contribution in [0.3, 0.4) is 0 Å². The summed E-state index contributed by atoms with van der Waals surface area (Å²) in [5.74, 6) is -0.546. The van der Waals surface area contributed by atoms with Crippen molar-refractivity contribution in [2.45, 2.75) is 38.8 Å². The maximum absolute atomic E-state index is 12.8. The normalized spacial score (nSPS) is 12.4. The van der Waals surface area contributed by atoms with Crippen LogP contribution in [0.1, 0.15) is 20.8 Å². The van der Waals surface area contributed by atoms with E-state index in [4.69, 9.17) is 0 Å². The van der Waals surface area contributed by atoms with Gasteiger partial charge in [-0.15, -0.1) is 13.2 Å². The summed E-state index contributed by atoms with van der Waals surface area (Å²) in [6, 6.07) is 6.50. The summed E-state index contributed by atoms with van der Waals surface area (Å²) < 4.78 is 84.3. The Bertz CT molecular complexity index is 891. The second kappa shape index (κ2) is 8.41. The number of alkyl halides is 6. The fourth-order valence-corrected chi connectivity index (χ4v) is 2.64. The number of rotatable bonds is 4. The molecule has 0 saturated carbocycles. The average molecular weight is 436 g/mol. The van der Waals surface area contributed by atoms with E-state index in [0.717, 1.165) is 17.2 Å². The van der Waals surface area contributed by atoms with Gasteiger partial charge in [0.1, 0.15) is 5.75 Å². The maximum atomic E-state index is 12.8. The van der Waals surface area contributed by atoms with Gasteiger partial charge in [0.15, 0.2) is 6.61 Å². The number of amides is 1. The first-order valence-electron chi connectivity index (χ1n) is 8.52. The predicted molar refractivity (Wildman–Crippen MR) is 96.0 cm³/mol. The van der Waals surface area contributed by atoms with Gasteiger partial charge in [-0.1, -0.05) is 18.2 Å². The van der Waals surface area contributed by atoms with Crippen LogP contribution in [0.15, 0.2) is 42.7 Å². The molecule has 0 atom stereocenters. The molecule has 0 radical (unpaired) electrons. The highest BCUT2D eigenvalue weighted by Gasteiger charge is 2.37. The largest absolute Gasteiger partial charge is 0.573 e. The fourth-order valence-electron chi connectivity index (χ4n) is 2.64. The second-order valence-corrected chi connectivity index (χ2v) is 7.11. The lowest BCUT2D eigenvalue weighted by Gasteiger charge is -2.35. The van der Waals surface area contributed by atoms with Crippen LogP contribution >= 0.6 is 0 Å². The van der Waals surface area contributed by atoms with Crippen LogP contribution in [0.5, 0.6) is 5.75 Å². The lowest BCUT2D eigenvalue weighted by Crippen LogP contribution is -2.47. The summed E-state index contributed by atoms with van der Waals surface area (Å²) in [5, 5.41) is 0. The first-order chi connectivity index (χ1) is 13.7. The molecule has 2 rings (SSSR count). The number of halogens is 6. The van der Waals surface area contributed by atoms with Gasteiger partial charge in [0.2, 0.25) is 0 Å². The van der Waals surface area contributed by atoms with Crippen molar-refractivity contribution in [3.8, 4) is 16.9 Å². The zero-order chi connectivity index (χ0) is 22.7. The van der Waals surface area contributed by atoms with Gasteiger partial charge >= 0.3 is 18.6 Å². The van der Waals surface area contributed by atoms with Crippen LogP contribution in [0.2, 0.25) is 0 Å². The number of para-hydroxylation sites is 1.